The fraction of sp³-hybridized carbons (Fsp3) is 0.462. The van der Waals surface area contributed by atoms with Crippen LogP contribution in [-0.2, 0) is 0 Å². The minimum Gasteiger partial charge on any atom is -0.507 e. The quantitative estimate of drug-likeness (QED) is 0.897. The first-order valence-electron chi connectivity index (χ1n) is 5.93. The molecule has 0 saturated heterocycles. The van der Waals surface area contributed by atoms with E-state index in [1.807, 2.05) is 0 Å². The molecule has 1 saturated carbocycles. The molecule has 0 unspecified atom stereocenters. The third-order valence-corrected chi connectivity index (χ3v) is 3.76. The second kappa shape index (κ2) is 5.54. The van der Waals surface area contributed by atoms with Gasteiger partial charge < -0.3 is 10.4 Å². The number of carbonyl (C=O) groups excluding carboxylic acids is 1. The molecule has 4 heteroatoms. The lowest BCUT2D eigenvalue weighted by Gasteiger charge is -2.25. The fourth-order valence-electron chi connectivity index (χ4n) is 1.96. The minimum absolute atomic E-state index is 0.0144. The Kier molecular flexibility index (Phi) is 4.05. The summed E-state index contributed by atoms with van der Waals surface area (Å²) >= 11 is 3.24. The summed E-state index contributed by atoms with van der Waals surface area (Å²) in [6.07, 6.45) is 4.95. The minimum atomic E-state index is -0.200. The van der Waals surface area contributed by atoms with Crippen LogP contribution in [0.3, 0.4) is 0 Å². The highest BCUT2D eigenvalue weighted by molar-refractivity contribution is 9.10. The summed E-state index contributed by atoms with van der Waals surface area (Å²) in [4.78, 5) is 11.8. The lowest BCUT2D eigenvalue weighted by atomic mass is 9.83. The largest absolute Gasteiger partial charge is 0.507 e. The predicted octanol–water partition coefficient (Wildman–Crippen LogP) is 3.07. The average molecular weight is 298 g/mol. The molecule has 1 aromatic carbocycles. The maximum absolute atomic E-state index is 11.8. The number of carbonyl (C=O) groups is 1. The molecule has 1 aliphatic carbocycles. The zero-order chi connectivity index (χ0) is 12.3. The molecule has 0 radical (unpaired) electrons. The number of phenolic OH excluding ortho intramolecular Hbond substituents is 1. The van der Waals surface area contributed by atoms with Gasteiger partial charge >= 0.3 is 0 Å². The fourth-order valence-corrected chi connectivity index (χ4v) is 2.31. The highest BCUT2D eigenvalue weighted by atomic mass is 79.9. The second-order valence-corrected chi connectivity index (χ2v) is 5.42. The van der Waals surface area contributed by atoms with Crippen molar-refractivity contribution in [2.45, 2.75) is 25.7 Å². The van der Waals surface area contributed by atoms with Gasteiger partial charge in [-0.1, -0.05) is 35.2 Å². The molecule has 0 heterocycles. The molecular formula is C13H16BrNO2. The third-order valence-electron chi connectivity index (χ3n) is 3.27. The Balaban J connectivity index is 1.85. The zero-order valence-electron chi connectivity index (χ0n) is 9.58. The van der Waals surface area contributed by atoms with Crippen LogP contribution < -0.4 is 5.32 Å². The van der Waals surface area contributed by atoms with E-state index in [2.05, 4.69) is 21.2 Å². The van der Waals surface area contributed by atoms with E-state index in [1.165, 1.54) is 25.3 Å². The van der Waals surface area contributed by atoms with E-state index in [1.54, 1.807) is 12.1 Å². The summed E-state index contributed by atoms with van der Waals surface area (Å²) < 4.78 is 0.765. The van der Waals surface area contributed by atoms with E-state index < -0.39 is 0 Å². The Labute approximate surface area is 109 Å². The van der Waals surface area contributed by atoms with Gasteiger partial charge in [0, 0.05) is 11.0 Å². The topological polar surface area (TPSA) is 49.3 Å². The number of hydrogen-bond donors (Lipinski definition) is 2. The number of phenols is 1. The number of amides is 1. The summed E-state index contributed by atoms with van der Waals surface area (Å²) in [7, 11) is 0. The van der Waals surface area contributed by atoms with E-state index in [0.29, 0.717) is 12.1 Å². The van der Waals surface area contributed by atoms with Crippen LogP contribution in [0.25, 0.3) is 0 Å². The van der Waals surface area contributed by atoms with Gasteiger partial charge in [-0.05, 0) is 30.5 Å². The molecule has 0 atom stereocenters. The van der Waals surface area contributed by atoms with E-state index in [4.69, 9.17) is 0 Å². The summed E-state index contributed by atoms with van der Waals surface area (Å²) in [6.45, 7) is 0.693. The molecule has 1 amide bonds. The number of hydrogen-bond acceptors (Lipinski definition) is 2. The van der Waals surface area contributed by atoms with Crippen LogP contribution >= 0.6 is 15.9 Å². The summed E-state index contributed by atoms with van der Waals surface area (Å²) in [5.74, 6) is 0.601. The molecule has 3 nitrogen and oxygen atoms in total. The molecule has 92 valence electrons. The Morgan fingerprint density at radius 3 is 2.82 bits per heavy atom. The molecule has 0 bridgehead atoms. The Morgan fingerprint density at radius 2 is 2.24 bits per heavy atom. The van der Waals surface area contributed by atoms with Gasteiger partial charge in [-0.15, -0.1) is 0 Å². The molecular weight excluding hydrogens is 282 g/mol. The van der Waals surface area contributed by atoms with Crippen molar-refractivity contribution in [2.24, 2.45) is 5.92 Å². The van der Waals surface area contributed by atoms with Gasteiger partial charge in [-0.25, -0.2) is 0 Å². The van der Waals surface area contributed by atoms with E-state index >= 15 is 0 Å². The average Bonchev–Trinajstić information content (AvgIpc) is 2.21. The van der Waals surface area contributed by atoms with Crippen molar-refractivity contribution >= 4 is 21.8 Å². The summed E-state index contributed by atoms with van der Waals surface area (Å²) in [6, 6.07) is 4.90. The SMILES string of the molecule is O=C(NCCC1CCC1)c1ccc(Br)cc1O. The van der Waals surface area contributed by atoms with Crippen LogP contribution in [0.5, 0.6) is 5.75 Å². The van der Waals surface area contributed by atoms with Crippen LogP contribution in [0.1, 0.15) is 36.0 Å². The third kappa shape index (κ3) is 3.22. The highest BCUT2D eigenvalue weighted by Gasteiger charge is 2.17. The molecule has 1 aliphatic rings. The molecule has 2 rings (SSSR count). The lowest BCUT2D eigenvalue weighted by molar-refractivity contribution is 0.0946. The van der Waals surface area contributed by atoms with Gasteiger partial charge in [0.05, 0.1) is 5.56 Å². The normalized spacial score (nSPS) is 15.4. The Bertz CT molecular complexity index is 416. The highest BCUT2D eigenvalue weighted by Crippen LogP contribution is 2.28. The smallest absolute Gasteiger partial charge is 0.255 e. The van der Waals surface area contributed by atoms with Gasteiger partial charge in [-0.3, -0.25) is 4.79 Å². The first-order valence-corrected chi connectivity index (χ1v) is 6.73. The van der Waals surface area contributed by atoms with E-state index in [-0.39, 0.29) is 11.7 Å². The van der Waals surface area contributed by atoms with Crippen molar-refractivity contribution in [1.29, 1.82) is 0 Å². The lowest BCUT2D eigenvalue weighted by Crippen LogP contribution is -2.27. The van der Waals surface area contributed by atoms with Crippen LogP contribution in [0, 0.1) is 5.92 Å². The van der Waals surface area contributed by atoms with Gasteiger partial charge in [0.15, 0.2) is 0 Å². The maximum atomic E-state index is 11.8. The van der Waals surface area contributed by atoms with Gasteiger partial charge in [-0.2, -0.15) is 0 Å². The molecule has 0 aromatic heterocycles. The summed E-state index contributed by atoms with van der Waals surface area (Å²) in [5.41, 5.74) is 0.335. The van der Waals surface area contributed by atoms with Gasteiger partial charge in [0.1, 0.15) is 5.75 Å². The number of halogens is 1. The van der Waals surface area contributed by atoms with Crippen molar-refractivity contribution in [2.75, 3.05) is 6.54 Å². The molecule has 17 heavy (non-hydrogen) atoms. The number of aromatic hydroxyl groups is 1. The molecule has 1 aromatic rings. The number of rotatable bonds is 4. The Morgan fingerprint density at radius 1 is 1.47 bits per heavy atom. The van der Waals surface area contributed by atoms with Crippen molar-refractivity contribution in [3.8, 4) is 5.75 Å². The molecule has 2 N–H and O–H groups in total. The van der Waals surface area contributed by atoms with Crippen molar-refractivity contribution in [3.05, 3.63) is 28.2 Å². The molecule has 0 spiro atoms. The van der Waals surface area contributed by atoms with Crippen LogP contribution in [0.15, 0.2) is 22.7 Å². The maximum Gasteiger partial charge on any atom is 0.255 e. The van der Waals surface area contributed by atoms with Crippen molar-refractivity contribution < 1.29 is 9.90 Å². The molecule has 1 fully saturated rings. The molecule has 0 aliphatic heterocycles. The second-order valence-electron chi connectivity index (χ2n) is 4.50. The number of benzene rings is 1. The Hall–Kier alpha value is -1.03. The van der Waals surface area contributed by atoms with Crippen molar-refractivity contribution in [1.82, 2.24) is 5.32 Å². The van der Waals surface area contributed by atoms with Crippen LogP contribution in [0.2, 0.25) is 0 Å². The number of nitrogens with one attached hydrogen (secondary N) is 1. The predicted molar refractivity (Wildman–Crippen MR) is 70.1 cm³/mol. The van der Waals surface area contributed by atoms with Gasteiger partial charge in [0.25, 0.3) is 5.91 Å². The first kappa shape index (κ1) is 12.4. The van der Waals surface area contributed by atoms with Crippen LogP contribution in [-0.4, -0.2) is 17.6 Å². The van der Waals surface area contributed by atoms with Crippen LogP contribution in [0.4, 0.5) is 0 Å². The van der Waals surface area contributed by atoms with Crippen molar-refractivity contribution in [3.63, 3.8) is 0 Å². The van der Waals surface area contributed by atoms with Gasteiger partial charge in [0.2, 0.25) is 0 Å². The first-order chi connectivity index (χ1) is 8.16. The van der Waals surface area contributed by atoms with E-state index in [9.17, 15) is 9.90 Å². The monoisotopic (exact) mass is 297 g/mol. The summed E-state index contributed by atoms with van der Waals surface area (Å²) in [5, 5.41) is 12.5. The standard InChI is InChI=1S/C13H16BrNO2/c14-10-4-5-11(12(16)8-10)13(17)15-7-6-9-2-1-3-9/h4-5,8-9,16H,1-3,6-7H2,(H,15,17). The van der Waals surface area contributed by atoms with E-state index in [0.717, 1.165) is 16.8 Å². The zero-order valence-corrected chi connectivity index (χ0v) is 11.2.